The Bertz CT molecular complexity index is 819. The largest absolute Gasteiger partial charge is 0.354 e. The number of aryl methyl sites for hydroxylation is 1. The van der Waals surface area contributed by atoms with E-state index < -0.39 is 0 Å². The fourth-order valence-electron chi connectivity index (χ4n) is 2.79. The van der Waals surface area contributed by atoms with Gasteiger partial charge < -0.3 is 4.98 Å². The topological polar surface area (TPSA) is 32.9 Å². The Labute approximate surface area is 135 Å². The Kier molecular flexibility index (Phi) is 4.30. The van der Waals surface area contributed by atoms with Crippen molar-refractivity contribution >= 4 is 28.8 Å². The van der Waals surface area contributed by atoms with Gasteiger partial charge in [-0.05, 0) is 42.7 Å². The number of halogens is 1. The van der Waals surface area contributed by atoms with Gasteiger partial charge in [-0.25, -0.2) is 0 Å². The van der Waals surface area contributed by atoms with Gasteiger partial charge in [-0.1, -0.05) is 43.1 Å². The highest BCUT2D eigenvalue weighted by Gasteiger charge is 2.13. The zero-order valence-electron chi connectivity index (χ0n) is 12.5. The van der Waals surface area contributed by atoms with Gasteiger partial charge in [0.25, 0.3) is 0 Å². The zero-order chi connectivity index (χ0) is 15.5. The minimum atomic E-state index is 0.664. The summed E-state index contributed by atoms with van der Waals surface area (Å²) in [7, 11) is 0. The zero-order valence-corrected chi connectivity index (χ0v) is 13.3. The van der Waals surface area contributed by atoms with E-state index in [0.29, 0.717) is 10.6 Å². The first-order chi connectivity index (χ1) is 10.7. The van der Waals surface area contributed by atoms with Crippen LogP contribution in [0.1, 0.15) is 35.7 Å². The van der Waals surface area contributed by atoms with Crippen LogP contribution in [0.15, 0.2) is 42.5 Å². The summed E-state index contributed by atoms with van der Waals surface area (Å²) in [6.45, 7) is 2.18. The highest BCUT2D eigenvalue weighted by Crippen LogP contribution is 2.31. The van der Waals surface area contributed by atoms with Crippen LogP contribution in [0.3, 0.4) is 0 Å². The van der Waals surface area contributed by atoms with Gasteiger partial charge in [0.2, 0.25) is 0 Å². The number of nitrogens with one attached hydrogen (secondary N) is 1. The number of rotatable bonds is 5. The van der Waals surface area contributed by atoms with E-state index in [-0.39, 0.29) is 0 Å². The normalized spacial score (nSPS) is 11.0. The fourth-order valence-corrected chi connectivity index (χ4v) is 2.98. The van der Waals surface area contributed by atoms with Crippen LogP contribution in [0, 0.1) is 0 Å². The van der Waals surface area contributed by atoms with E-state index in [4.69, 9.17) is 11.6 Å². The molecular formula is C19H18ClNO. The van der Waals surface area contributed by atoms with Crippen molar-refractivity contribution in [3.63, 3.8) is 0 Å². The van der Waals surface area contributed by atoms with E-state index in [1.54, 1.807) is 0 Å². The van der Waals surface area contributed by atoms with Crippen molar-refractivity contribution in [3.05, 3.63) is 58.6 Å². The quantitative estimate of drug-likeness (QED) is 0.607. The molecule has 0 aliphatic heterocycles. The molecule has 3 rings (SSSR count). The molecule has 3 heteroatoms. The smallest absolute Gasteiger partial charge is 0.152 e. The number of hydrogen-bond donors (Lipinski definition) is 1. The minimum Gasteiger partial charge on any atom is -0.354 e. The molecular weight excluding hydrogens is 294 g/mol. The van der Waals surface area contributed by atoms with Gasteiger partial charge in [-0.2, -0.15) is 0 Å². The molecule has 0 saturated heterocycles. The van der Waals surface area contributed by atoms with Gasteiger partial charge in [0.1, 0.15) is 0 Å². The highest BCUT2D eigenvalue weighted by molar-refractivity contribution is 6.30. The Balaban J connectivity index is 2.13. The molecule has 0 fully saturated rings. The summed E-state index contributed by atoms with van der Waals surface area (Å²) >= 11 is 6.07. The van der Waals surface area contributed by atoms with Crippen molar-refractivity contribution in [3.8, 4) is 11.3 Å². The molecule has 1 heterocycles. The van der Waals surface area contributed by atoms with Crippen molar-refractivity contribution in [1.82, 2.24) is 4.98 Å². The molecule has 0 aliphatic rings. The number of fused-ring (bicyclic) bond motifs is 1. The summed E-state index contributed by atoms with van der Waals surface area (Å²) < 4.78 is 0. The summed E-state index contributed by atoms with van der Waals surface area (Å²) in [5, 5.41) is 1.65. The van der Waals surface area contributed by atoms with E-state index in [1.165, 1.54) is 12.0 Å². The lowest BCUT2D eigenvalue weighted by Crippen LogP contribution is -1.86. The third-order valence-electron chi connectivity index (χ3n) is 3.95. The first-order valence-electron chi connectivity index (χ1n) is 7.58. The van der Waals surface area contributed by atoms with Crippen LogP contribution in [0.2, 0.25) is 5.02 Å². The monoisotopic (exact) mass is 311 g/mol. The second kappa shape index (κ2) is 6.37. The Hall–Kier alpha value is -2.06. The highest BCUT2D eigenvalue weighted by atomic mass is 35.5. The maximum absolute atomic E-state index is 11.6. The van der Waals surface area contributed by atoms with E-state index in [1.807, 2.05) is 24.3 Å². The summed E-state index contributed by atoms with van der Waals surface area (Å²) in [6.07, 6.45) is 4.30. The molecule has 0 spiro atoms. The van der Waals surface area contributed by atoms with Crippen molar-refractivity contribution in [2.24, 2.45) is 0 Å². The predicted octanol–water partition coefficient (Wildman–Crippen LogP) is 5.64. The number of H-pyrrole nitrogens is 1. The Morgan fingerprint density at radius 3 is 2.77 bits per heavy atom. The number of aldehydes is 1. The van der Waals surface area contributed by atoms with E-state index in [2.05, 4.69) is 30.1 Å². The van der Waals surface area contributed by atoms with Gasteiger partial charge in [-0.3, -0.25) is 4.79 Å². The molecule has 0 aliphatic carbocycles. The SMILES string of the molecule is CCCCc1ccc2[nH]c(-c3cccc(Cl)c3)c(C=O)c2c1. The van der Waals surface area contributed by atoms with Crippen molar-refractivity contribution in [2.45, 2.75) is 26.2 Å². The third kappa shape index (κ3) is 2.79. The van der Waals surface area contributed by atoms with E-state index >= 15 is 0 Å². The van der Waals surface area contributed by atoms with E-state index in [9.17, 15) is 4.79 Å². The molecule has 0 unspecified atom stereocenters. The van der Waals surface area contributed by atoms with Crippen LogP contribution >= 0.6 is 11.6 Å². The molecule has 2 nitrogen and oxygen atoms in total. The van der Waals surface area contributed by atoms with Gasteiger partial charge in [0.05, 0.1) is 5.69 Å². The Morgan fingerprint density at radius 1 is 1.18 bits per heavy atom. The van der Waals surface area contributed by atoms with Gasteiger partial charge in [0, 0.05) is 27.1 Å². The number of carbonyl (C=O) groups excluding carboxylic acids is 1. The summed E-state index contributed by atoms with van der Waals surface area (Å²) in [5.74, 6) is 0. The summed E-state index contributed by atoms with van der Waals surface area (Å²) in [5.41, 5.74) is 4.73. The van der Waals surface area contributed by atoms with Crippen molar-refractivity contribution in [2.75, 3.05) is 0 Å². The van der Waals surface area contributed by atoms with Gasteiger partial charge >= 0.3 is 0 Å². The van der Waals surface area contributed by atoms with Gasteiger partial charge in [0.15, 0.2) is 6.29 Å². The molecule has 0 bridgehead atoms. The van der Waals surface area contributed by atoms with Gasteiger partial charge in [-0.15, -0.1) is 0 Å². The summed E-state index contributed by atoms with van der Waals surface area (Å²) in [6, 6.07) is 13.9. The van der Waals surface area contributed by atoms with Crippen LogP contribution in [0.5, 0.6) is 0 Å². The van der Waals surface area contributed by atoms with Crippen molar-refractivity contribution in [1.29, 1.82) is 0 Å². The fraction of sp³-hybridized carbons (Fsp3) is 0.211. The van der Waals surface area contributed by atoms with Crippen molar-refractivity contribution < 1.29 is 4.79 Å². The van der Waals surface area contributed by atoms with E-state index in [0.717, 1.165) is 41.3 Å². The second-order valence-corrected chi connectivity index (χ2v) is 5.96. The molecule has 2 aromatic carbocycles. The second-order valence-electron chi connectivity index (χ2n) is 5.53. The van der Waals surface area contributed by atoms with Crippen LogP contribution in [-0.4, -0.2) is 11.3 Å². The molecule has 0 saturated carbocycles. The Morgan fingerprint density at radius 2 is 2.05 bits per heavy atom. The first kappa shape index (κ1) is 14.9. The molecule has 0 atom stereocenters. The average molecular weight is 312 g/mol. The number of aromatic nitrogens is 1. The molecule has 1 aromatic heterocycles. The lowest BCUT2D eigenvalue weighted by molar-refractivity contribution is 0.112. The maximum Gasteiger partial charge on any atom is 0.152 e. The standard InChI is InChI=1S/C19H18ClNO/c1-2-3-5-13-8-9-18-16(10-13)17(12-22)19(21-18)14-6-4-7-15(20)11-14/h4,6-12,21H,2-3,5H2,1H3. The van der Waals surface area contributed by atoms with Crippen LogP contribution in [-0.2, 0) is 6.42 Å². The number of carbonyl (C=O) groups is 1. The lowest BCUT2D eigenvalue weighted by atomic mass is 10.0. The van der Waals surface area contributed by atoms with Crippen LogP contribution in [0.4, 0.5) is 0 Å². The molecule has 1 N–H and O–H groups in total. The molecule has 112 valence electrons. The molecule has 0 amide bonds. The predicted molar refractivity (Wildman–Crippen MR) is 92.7 cm³/mol. The molecule has 0 radical (unpaired) electrons. The van der Waals surface area contributed by atoms with Crippen LogP contribution in [0.25, 0.3) is 22.2 Å². The number of unbranched alkanes of at least 4 members (excludes halogenated alkanes) is 1. The number of aromatic amines is 1. The average Bonchev–Trinajstić information content (AvgIpc) is 2.90. The lowest BCUT2D eigenvalue weighted by Gasteiger charge is -2.01. The first-order valence-corrected chi connectivity index (χ1v) is 7.96. The third-order valence-corrected chi connectivity index (χ3v) is 4.19. The minimum absolute atomic E-state index is 0.664. The molecule has 22 heavy (non-hydrogen) atoms. The summed E-state index contributed by atoms with van der Waals surface area (Å²) in [4.78, 5) is 15.0. The van der Waals surface area contributed by atoms with Crippen LogP contribution < -0.4 is 0 Å². The molecule has 3 aromatic rings. The maximum atomic E-state index is 11.6. The number of benzene rings is 2. The number of hydrogen-bond acceptors (Lipinski definition) is 1.